The number of aliphatic hydroxyl groups excluding tert-OH is 1. The minimum atomic E-state index is -0.256. The summed E-state index contributed by atoms with van der Waals surface area (Å²) in [6.07, 6.45) is 3.45. The van der Waals surface area contributed by atoms with Gasteiger partial charge in [0.25, 0.3) is 0 Å². The molecule has 3 nitrogen and oxygen atoms in total. The molecule has 5 atom stereocenters. The summed E-state index contributed by atoms with van der Waals surface area (Å²) in [5.74, 6) is 2.04. The normalized spacial score (nSPS) is 36.9. The van der Waals surface area contributed by atoms with Gasteiger partial charge in [0.05, 0.1) is 6.10 Å². The highest BCUT2D eigenvalue weighted by Crippen LogP contribution is 2.34. The third-order valence-electron chi connectivity index (χ3n) is 4.73. The first-order valence-electron chi connectivity index (χ1n) is 7.36. The molecule has 18 heavy (non-hydrogen) atoms. The SMILES string of the molecule is CC1C=C2NCCN(C(C)C(C)O)CC2C(C)C1. The molecule has 3 heteroatoms. The molecular weight excluding hydrogens is 224 g/mol. The quantitative estimate of drug-likeness (QED) is 0.787. The van der Waals surface area contributed by atoms with Crippen molar-refractivity contribution < 1.29 is 5.11 Å². The zero-order valence-electron chi connectivity index (χ0n) is 12.2. The van der Waals surface area contributed by atoms with Crippen molar-refractivity contribution in [2.45, 2.75) is 46.3 Å². The van der Waals surface area contributed by atoms with Crippen LogP contribution >= 0.6 is 0 Å². The Morgan fingerprint density at radius 1 is 1.39 bits per heavy atom. The first-order valence-corrected chi connectivity index (χ1v) is 7.36. The van der Waals surface area contributed by atoms with Crippen LogP contribution in [0.15, 0.2) is 11.8 Å². The summed E-state index contributed by atoms with van der Waals surface area (Å²) in [7, 11) is 0. The number of aliphatic hydroxyl groups is 1. The molecule has 1 fully saturated rings. The molecule has 0 amide bonds. The molecule has 0 spiro atoms. The molecule has 1 heterocycles. The molecule has 5 unspecified atom stereocenters. The highest BCUT2D eigenvalue weighted by Gasteiger charge is 2.33. The number of hydrogen-bond acceptors (Lipinski definition) is 3. The van der Waals surface area contributed by atoms with Crippen LogP contribution in [0.3, 0.4) is 0 Å². The van der Waals surface area contributed by atoms with Gasteiger partial charge in [0.2, 0.25) is 0 Å². The van der Waals surface area contributed by atoms with Gasteiger partial charge >= 0.3 is 0 Å². The third kappa shape index (κ3) is 2.89. The lowest BCUT2D eigenvalue weighted by atomic mass is 9.78. The van der Waals surface area contributed by atoms with Gasteiger partial charge in [-0.1, -0.05) is 19.9 Å². The Morgan fingerprint density at radius 2 is 2.11 bits per heavy atom. The van der Waals surface area contributed by atoms with Crippen LogP contribution in [0.2, 0.25) is 0 Å². The van der Waals surface area contributed by atoms with Gasteiger partial charge in [-0.05, 0) is 32.1 Å². The summed E-state index contributed by atoms with van der Waals surface area (Å²) >= 11 is 0. The smallest absolute Gasteiger partial charge is 0.0664 e. The Balaban J connectivity index is 2.12. The number of nitrogens with one attached hydrogen (secondary N) is 1. The third-order valence-corrected chi connectivity index (χ3v) is 4.73. The Labute approximate surface area is 111 Å². The number of hydrogen-bond donors (Lipinski definition) is 2. The van der Waals surface area contributed by atoms with Crippen LogP contribution in [-0.2, 0) is 0 Å². The molecule has 0 radical (unpaired) electrons. The Morgan fingerprint density at radius 3 is 2.78 bits per heavy atom. The van der Waals surface area contributed by atoms with Crippen molar-refractivity contribution in [3.05, 3.63) is 11.8 Å². The molecule has 2 rings (SSSR count). The van der Waals surface area contributed by atoms with Crippen molar-refractivity contribution in [2.24, 2.45) is 17.8 Å². The van der Waals surface area contributed by atoms with E-state index in [2.05, 4.69) is 37.1 Å². The lowest BCUT2D eigenvalue weighted by Crippen LogP contribution is -2.44. The molecule has 2 aliphatic rings. The summed E-state index contributed by atoms with van der Waals surface area (Å²) in [5.41, 5.74) is 1.45. The summed E-state index contributed by atoms with van der Waals surface area (Å²) in [6.45, 7) is 11.8. The lowest BCUT2D eigenvalue weighted by molar-refractivity contribution is 0.0626. The van der Waals surface area contributed by atoms with Gasteiger partial charge in [-0.2, -0.15) is 0 Å². The van der Waals surface area contributed by atoms with E-state index in [1.807, 2.05) is 6.92 Å². The number of nitrogens with zero attached hydrogens (tertiary/aromatic N) is 1. The number of rotatable bonds is 2. The molecule has 0 bridgehead atoms. The summed E-state index contributed by atoms with van der Waals surface area (Å²) in [6, 6.07) is 0.248. The molecule has 0 aromatic heterocycles. The minimum Gasteiger partial charge on any atom is -0.392 e. The topological polar surface area (TPSA) is 35.5 Å². The fraction of sp³-hybridized carbons (Fsp3) is 0.867. The Hall–Kier alpha value is -0.540. The number of fused-ring (bicyclic) bond motifs is 1. The number of allylic oxidation sites excluding steroid dienone is 1. The van der Waals surface area contributed by atoms with Gasteiger partial charge in [-0.25, -0.2) is 0 Å². The van der Waals surface area contributed by atoms with E-state index in [4.69, 9.17) is 0 Å². The Kier molecular flexibility index (Phi) is 4.33. The van der Waals surface area contributed by atoms with Crippen LogP contribution in [0.1, 0.15) is 34.1 Å². The van der Waals surface area contributed by atoms with Crippen molar-refractivity contribution >= 4 is 0 Å². The monoisotopic (exact) mass is 252 g/mol. The van der Waals surface area contributed by atoms with E-state index in [9.17, 15) is 5.11 Å². The Bertz CT molecular complexity index is 314. The van der Waals surface area contributed by atoms with E-state index in [1.165, 1.54) is 12.1 Å². The van der Waals surface area contributed by atoms with Crippen molar-refractivity contribution in [1.29, 1.82) is 0 Å². The molecule has 2 N–H and O–H groups in total. The second kappa shape index (κ2) is 5.62. The molecule has 1 aliphatic carbocycles. The molecule has 1 aliphatic heterocycles. The van der Waals surface area contributed by atoms with Crippen LogP contribution in [0.5, 0.6) is 0 Å². The summed E-state index contributed by atoms with van der Waals surface area (Å²) in [4.78, 5) is 2.44. The van der Waals surface area contributed by atoms with E-state index < -0.39 is 0 Å². The second-order valence-electron chi connectivity index (χ2n) is 6.32. The van der Waals surface area contributed by atoms with Gasteiger partial charge in [-0.3, -0.25) is 4.90 Å². The maximum Gasteiger partial charge on any atom is 0.0664 e. The van der Waals surface area contributed by atoms with Crippen molar-refractivity contribution in [2.75, 3.05) is 19.6 Å². The van der Waals surface area contributed by atoms with Gasteiger partial charge < -0.3 is 10.4 Å². The highest BCUT2D eigenvalue weighted by molar-refractivity contribution is 5.14. The van der Waals surface area contributed by atoms with Gasteiger partial charge in [0.15, 0.2) is 0 Å². The standard InChI is InChI=1S/C15H28N2O/c1-10-7-11(2)14-9-17(12(3)13(4)18)6-5-16-15(14)8-10/h8,10-14,16,18H,5-7,9H2,1-4H3. The van der Waals surface area contributed by atoms with Crippen molar-refractivity contribution in [3.63, 3.8) is 0 Å². The van der Waals surface area contributed by atoms with Crippen LogP contribution in [-0.4, -0.2) is 41.8 Å². The van der Waals surface area contributed by atoms with Crippen LogP contribution in [0.4, 0.5) is 0 Å². The van der Waals surface area contributed by atoms with Gasteiger partial charge in [0, 0.05) is 37.3 Å². The fourth-order valence-corrected chi connectivity index (χ4v) is 3.39. The molecule has 0 aromatic rings. The first kappa shape index (κ1) is 13.9. The van der Waals surface area contributed by atoms with E-state index in [0.29, 0.717) is 11.8 Å². The molecule has 0 aromatic carbocycles. The lowest BCUT2D eigenvalue weighted by Gasteiger charge is -2.36. The largest absolute Gasteiger partial charge is 0.392 e. The van der Waals surface area contributed by atoms with E-state index >= 15 is 0 Å². The molecule has 1 saturated heterocycles. The second-order valence-corrected chi connectivity index (χ2v) is 6.32. The highest BCUT2D eigenvalue weighted by atomic mass is 16.3. The van der Waals surface area contributed by atoms with Crippen molar-refractivity contribution in [3.8, 4) is 0 Å². The molecular formula is C15H28N2O. The summed E-state index contributed by atoms with van der Waals surface area (Å²) < 4.78 is 0. The average molecular weight is 252 g/mol. The predicted octanol–water partition coefficient (Wildman–Crippen LogP) is 1.84. The van der Waals surface area contributed by atoms with Gasteiger partial charge in [0.1, 0.15) is 0 Å². The maximum absolute atomic E-state index is 9.79. The van der Waals surface area contributed by atoms with E-state index in [1.54, 1.807) is 0 Å². The summed E-state index contributed by atoms with van der Waals surface area (Å²) in [5, 5.41) is 13.4. The van der Waals surface area contributed by atoms with Crippen molar-refractivity contribution in [1.82, 2.24) is 10.2 Å². The van der Waals surface area contributed by atoms with Crippen LogP contribution in [0, 0.1) is 17.8 Å². The minimum absolute atomic E-state index is 0.248. The maximum atomic E-state index is 9.79. The van der Waals surface area contributed by atoms with E-state index in [-0.39, 0.29) is 12.1 Å². The first-order chi connectivity index (χ1) is 8.49. The van der Waals surface area contributed by atoms with Crippen LogP contribution in [0.25, 0.3) is 0 Å². The predicted molar refractivity (Wildman–Crippen MR) is 75.2 cm³/mol. The average Bonchev–Trinajstić information content (AvgIpc) is 2.50. The zero-order valence-corrected chi connectivity index (χ0v) is 12.2. The fourth-order valence-electron chi connectivity index (χ4n) is 3.39. The molecule has 0 saturated carbocycles. The molecule has 104 valence electrons. The van der Waals surface area contributed by atoms with E-state index in [0.717, 1.165) is 25.6 Å². The van der Waals surface area contributed by atoms with Gasteiger partial charge in [-0.15, -0.1) is 0 Å². The van der Waals surface area contributed by atoms with Crippen LogP contribution < -0.4 is 5.32 Å². The zero-order chi connectivity index (χ0) is 13.3.